The molecule has 0 aliphatic heterocycles. The first kappa shape index (κ1) is 16.4. The standard InChI is InChI=1S/C19H17N3O3/c23-17(10-13-22-12-5-4-8-19(22)24)21-15-9-11-20-18(14-15)25-16-6-2-1-3-7-16/h1-9,11-12,14H,10,13H2,(H,20,21,23). The second-order valence-corrected chi connectivity index (χ2v) is 5.33. The molecule has 0 atom stereocenters. The predicted octanol–water partition coefficient (Wildman–Crippen LogP) is 3.06. The summed E-state index contributed by atoms with van der Waals surface area (Å²) in [7, 11) is 0. The summed E-state index contributed by atoms with van der Waals surface area (Å²) in [6.45, 7) is 0.323. The van der Waals surface area contributed by atoms with Gasteiger partial charge in [-0.25, -0.2) is 4.98 Å². The lowest BCUT2D eigenvalue weighted by Crippen LogP contribution is -2.21. The quantitative estimate of drug-likeness (QED) is 0.751. The molecule has 6 heteroatoms. The van der Waals surface area contributed by atoms with Crippen LogP contribution < -0.4 is 15.6 Å². The first-order valence-electron chi connectivity index (χ1n) is 7.85. The highest BCUT2D eigenvalue weighted by atomic mass is 16.5. The molecule has 3 aromatic rings. The molecule has 3 rings (SSSR count). The highest BCUT2D eigenvalue weighted by molar-refractivity contribution is 5.90. The van der Waals surface area contributed by atoms with Crippen LogP contribution in [-0.2, 0) is 11.3 Å². The molecule has 0 fully saturated rings. The van der Waals surface area contributed by atoms with Crippen molar-refractivity contribution in [3.05, 3.63) is 83.4 Å². The van der Waals surface area contributed by atoms with Gasteiger partial charge in [0.2, 0.25) is 11.8 Å². The smallest absolute Gasteiger partial charge is 0.250 e. The van der Waals surface area contributed by atoms with Crippen LogP contribution >= 0.6 is 0 Å². The van der Waals surface area contributed by atoms with E-state index in [9.17, 15) is 9.59 Å². The molecule has 2 heterocycles. The summed E-state index contributed by atoms with van der Waals surface area (Å²) in [6.07, 6.45) is 3.42. The van der Waals surface area contributed by atoms with Gasteiger partial charge in [-0.2, -0.15) is 0 Å². The number of ether oxygens (including phenoxy) is 1. The van der Waals surface area contributed by atoms with Crippen LogP contribution in [0.25, 0.3) is 0 Å². The molecule has 1 N–H and O–H groups in total. The minimum Gasteiger partial charge on any atom is -0.439 e. The number of benzene rings is 1. The molecule has 126 valence electrons. The average Bonchev–Trinajstić information content (AvgIpc) is 2.62. The lowest BCUT2D eigenvalue weighted by molar-refractivity contribution is -0.116. The van der Waals surface area contributed by atoms with Gasteiger partial charge in [0.15, 0.2) is 0 Å². The third-order valence-corrected chi connectivity index (χ3v) is 3.46. The SMILES string of the molecule is O=C(CCn1ccccc1=O)Nc1ccnc(Oc2ccccc2)c1. The zero-order valence-electron chi connectivity index (χ0n) is 13.5. The Morgan fingerprint density at radius 3 is 2.68 bits per heavy atom. The van der Waals surface area contributed by atoms with Crippen molar-refractivity contribution in [2.75, 3.05) is 5.32 Å². The summed E-state index contributed by atoms with van der Waals surface area (Å²) < 4.78 is 7.13. The van der Waals surface area contributed by atoms with Gasteiger partial charge in [-0.3, -0.25) is 9.59 Å². The number of hydrogen-bond donors (Lipinski definition) is 1. The van der Waals surface area contributed by atoms with Crippen LogP contribution in [0.4, 0.5) is 5.69 Å². The van der Waals surface area contributed by atoms with Gasteiger partial charge in [0.1, 0.15) is 5.75 Å². The maximum absolute atomic E-state index is 12.1. The molecule has 1 aromatic carbocycles. The predicted molar refractivity (Wildman–Crippen MR) is 94.7 cm³/mol. The molecule has 25 heavy (non-hydrogen) atoms. The van der Waals surface area contributed by atoms with Crippen molar-refractivity contribution in [2.45, 2.75) is 13.0 Å². The Morgan fingerprint density at radius 1 is 1.08 bits per heavy atom. The minimum atomic E-state index is -0.187. The van der Waals surface area contributed by atoms with Crippen molar-refractivity contribution in [3.8, 4) is 11.6 Å². The molecular formula is C19H17N3O3. The number of rotatable bonds is 6. The molecule has 6 nitrogen and oxygen atoms in total. The van der Waals surface area contributed by atoms with Gasteiger partial charge in [0.25, 0.3) is 5.56 Å². The molecule has 0 aliphatic rings. The molecule has 2 aromatic heterocycles. The van der Waals surface area contributed by atoms with Crippen LogP contribution in [0.5, 0.6) is 11.6 Å². The zero-order valence-corrected chi connectivity index (χ0v) is 13.5. The average molecular weight is 335 g/mol. The first-order valence-corrected chi connectivity index (χ1v) is 7.85. The second-order valence-electron chi connectivity index (χ2n) is 5.33. The van der Waals surface area contributed by atoms with Crippen LogP contribution in [-0.4, -0.2) is 15.5 Å². The third-order valence-electron chi connectivity index (χ3n) is 3.46. The molecule has 0 bridgehead atoms. The van der Waals surface area contributed by atoms with Crippen molar-refractivity contribution in [1.29, 1.82) is 0 Å². The number of nitrogens with zero attached hydrogens (tertiary/aromatic N) is 2. The van der Waals surface area contributed by atoms with Gasteiger partial charge in [-0.1, -0.05) is 24.3 Å². The van der Waals surface area contributed by atoms with E-state index in [1.54, 1.807) is 36.7 Å². The zero-order chi connectivity index (χ0) is 17.5. The summed E-state index contributed by atoms with van der Waals surface area (Å²) in [5.74, 6) is 0.873. The van der Waals surface area contributed by atoms with Crippen molar-refractivity contribution in [3.63, 3.8) is 0 Å². The number of amides is 1. The topological polar surface area (TPSA) is 73.2 Å². The Hall–Kier alpha value is -3.41. The fraction of sp³-hybridized carbons (Fsp3) is 0.105. The Morgan fingerprint density at radius 2 is 1.88 bits per heavy atom. The van der Waals surface area contributed by atoms with E-state index in [1.165, 1.54) is 10.6 Å². The number of pyridine rings is 2. The van der Waals surface area contributed by atoms with Crippen molar-refractivity contribution >= 4 is 11.6 Å². The van der Waals surface area contributed by atoms with E-state index in [-0.39, 0.29) is 17.9 Å². The van der Waals surface area contributed by atoms with Crippen LogP contribution in [0, 0.1) is 0 Å². The van der Waals surface area contributed by atoms with E-state index in [2.05, 4.69) is 10.3 Å². The van der Waals surface area contributed by atoms with E-state index in [0.29, 0.717) is 23.9 Å². The monoisotopic (exact) mass is 335 g/mol. The first-order chi connectivity index (χ1) is 12.2. The lowest BCUT2D eigenvalue weighted by atomic mass is 10.3. The summed E-state index contributed by atoms with van der Waals surface area (Å²) in [4.78, 5) is 27.8. The summed E-state index contributed by atoms with van der Waals surface area (Å²) in [5, 5.41) is 2.78. The largest absolute Gasteiger partial charge is 0.439 e. The number of carbonyl (C=O) groups excluding carboxylic acids is 1. The van der Waals surface area contributed by atoms with E-state index >= 15 is 0 Å². The van der Waals surface area contributed by atoms with Crippen molar-refractivity contribution < 1.29 is 9.53 Å². The summed E-state index contributed by atoms with van der Waals surface area (Å²) in [6, 6.07) is 17.5. The molecule has 1 amide bonds. The maximum Gasteiger partial charge on any atom is 0.250 e. The van der Waals surface area contributed by atoms with Gasteiger partial charge in [0, 0.05) is 43.2 Å². The second kappa shape index (κ2) is 7.92. The number of aryl methyl sites for hydroxylation is 1. The molecule has 0 spiro atoms. The van der Waals surface area contributed by atoms with E-state index in [0.717, 1.165) is 0 Å². The van der Waals surface area contributed by atoms with Crippen LogP contribution in [0.1, 0.15) is 6.42 Å². The number of aromatic nitrogens is 2. The normalized spacial score (nSPS) is 10.2. The van der Waals surface area contributed by atoms with E-state index in [1.807, 2.05) is 30.3 Å². The van der Waals surface area contributed by atoms with Crippen molar-refractivity contribution in [2.24, 2.45) is 0 Å². The van der Waals surface area contributed by atoms with Gasteiger partial charge >= 0.3 is 0 Å². The molecule has 0 unspecified atom stereocenters. The summed E-state index contributed by atoms with van der Waals surface area (Å²) in [5.41, 5.74) is 0.462. The fourth-order valence-electron chi connectivity index (χ4n) is 2.24. The van der Waals surface area contributed by atoms with Crippen LogP contribution in [0.15, 0.2) is 77.9 Å². The molecule has 0 saturated carbocycles. The lowest BCUT2D eigenvalue weighted by Gasteiger charge is -2.09. The summed E-state index contributed by atoms with van der Waals surface area (Å²) >= 11 is 0. The Kier molecular flexibility index (Phi) is 5.21. The van der Waals surface area contributed by atoms with Gasteiger partial charge in [0.05, 0.1) is 0 Å². The number of anilines is 1. The van der Waals surface area contributed by atoms with Crippen molar-refractivity contribution in [1.82, 2.24) is 9.55 Å². The van der Waals surface area contributed by atoms with Gasteiger partial charge < -0.3 is 14.6 Å². The third kappa shape index (κ3) is 4.78. The molecule has 0 aliphatic carbocycles. The fourth-order valence-corrected chi connectivity index (χ4v) is 2.24. The maximum atomic E-state index is 12.1. The minimum absolute atomic E-state index is 0.127. The van der Waals surface area contributed by atoms with Crippen LogP contribution in [0.3, 0.4) is 0 Å². The van der Waals surface area contributed by atoms with E-state index in [4.69, 9.17) is 4.74 Å². The van der Waals surface area contributed by atoms with Crippen LogP contribution in [0.2, 0.25) is 0 Å². The highest BCUT2D eigenvalue weighted by Crippen LogP contribution is 2.21. The Balaban J connectivity index is 1.59. The van der Waals surface area contributed by atoms with Gasteiger partial charge in [-0.15, -0.1) is 0 Å². The number of carbonyl (C=O) groups is 1. The molecule has 0 saturated heterocycles. The number of nitrogens with one attached hydrogen (secondary N) is 1. The number of hydrogen-bond acceptors (Lipinski definition) is 4. The Labute approximate surface area is 144 Å². The molecular weight excluding hydrogens is 318 g/mol. The van der Waals surface area contributed by atoms with Gasteiger partial charge in [-0.05, 0) is 24.3 Å². The molecule has 0 radical (unpaired) electrons. The Bertz CT molecular complexity index is 907. The van der Waals surface area contributed by atoms with E-state index < -0.39 is 0 Å². The number of para-hydroxylation sites is 1. The highest BCUT2D eigenvalue weighted by Gasteiger charge is 2.06.